The highest BCUT2D eigenvalue weighted by molar-refractivity contribution is 6.29. The third kappa shape index (κ3) is 3.70. The van der Waals surface area contributed by atoms with Crippen molar-refractivity contribution in [2.75, 3.05) is 0 Å². The molecule has 1 heteroatoms. The summed E-state index contributed by atoms with van der Waals surface area (Å²) in [6, 6.07) is 65.0. The Balaban J connectivity index is 1.23. The molecule has 0 saturated carbocycles. The van der Waals surface area contributed by atoms with Crippen molar-refractivity contribution in [2.45, 2.75) is 0 Å². The number of benzene rings is 10. The number of fused-ring (bicyclic) bond motifs is 5. The molecule has 49 heavy (non-hydrogen) atoms. The van der Waals surface area contributed by atoms with Gasteiger partial charge in [-0.3, -0.25) is 0 Å². The molecule has 226 valence electrons. The minimum absolute atomic E-state index is 1.18. The summed E-state index contributed by atoms with van der Waals surface area (Å²) in [5, 5.41) is 15.5. The van der Waals surface area contributed by atoms with Gasteiger partial charge in [-0.1, -0.05) is 146 Å². The summed E-state index contributed by atoms with van der Waals surface area (Å²) < 4.78 is 2.39. The maximum atomic E-state index is 2.42. The van der Waals surface area contributed by atoms with E-state index in [1.807, 2.05) is 0 Å². The summed E-state index contributed by atoms with van der Waals surface area (Å²) in [6.45, 7) is 0. The Morgan fingerprint density at radius 3 is 1.57 bits per heavy atom. The van der Waals surface area contributed by atoms with Gasteiger partial charge < -0.3 is 4.57 Å². The maximum absolute atomic E-state index is 2.42. The Labute approximate surface area is 283 Å². The molecule has 0 bridgehead atoms. The van der Waals surface area contributed by atoms with Gasteiger partial charge in [0.1, 0.15) is 0 Å². The van der Waals surface area contributed by atoms with Crippen molar-refractivity contribution in [3.63, 3.8) is 0 Å². The largest absolute Gasteiger partial charge is 0.309 e. The molecule has 1 heterocycles. The molecule has 0 aliphatic heterocycles. The number of hydrogen-bond acceptors (Lipinski definition) is 0. The minimum Gasteiger partial charge on any atom is -0.309 e. The van der Waals surface area contributed by atoms with Crippen LogP contribution in [0.4, 0.5) is 0 Å². The van der Waals surface area contributed by atoms with Gasteiger partial charge in [-0.15, -0.1) is 0 Å². The van der Waals surface area contributed by atoms with E-state index in [1.165, 1.54) is 104 Å². The number of para-hydroxylation sites is 2. The van der Waals surface area contributed by atoms with Crippen LogP contribution in [0.5, 0.6) is 0 Å². The lowest BCUT2D eigenvalue weighted by Gasteiger charge is -2.20. The second-order valence-electron chi connectivity index (χ2n) is 13.2. The Kier molecular flexibility index (Phi) is 5.45. The Bertz CT molecular complexity index is 3020. The first-order valence-electron chi connectivity index (χ1n) is 17.0. The molecule has 0 unspecified atom stereocenters. The van der Waals surface area contributed by atoms with Crippen LogP contribution in [0.15, 0.2) is 176 Å². The van der Waals surface area contributed by atoms with Gasteiger partial charge in [0.2, 0.25) is 0 Å². The third-order valence-electron chi connectivity index (χ3n) is 10.7. The minimum atomic E-state index is 1.18. The molecule has 0 radical (unpaired) electrons. The predicted octanol–water partition coefficient (Wildman–Crippen LogP) is 13.3. The first-order chi connectivity index (χ1) is 24.3. The highest BCUT2D eigenvalue weighted by Crippen LogP contribution is 2.48. The molecule has 0 aliphatic rings. The maximum Gasteiger partial charge on any atom is 0.0541 e. The van der Waals surface area contributed by atoms with Crippen molar-refractivity contribution in [3.05, 3.63) is 176 Å². The first-order valence-corrected chi connectivity index (χ1v) is 17.0. The lowest BCUT2D eigenvalue weighted by molar-refractivity contribution is 1.18. The van der Waals surface area contributed by atoms with Gasteiger partial charge in [-0.2, -0.15) is 0 Å². The molecule has 0 saturated heterocycles. The summed E-state index contributed by atoms with van der Waals surface area (Å²) in [4.78, 5) is 0. The molecule has 0 fully saturated rings. The third-order valence-corrected chi connectivity index (χ3v) is 10.7. The summed E-state index contributed by atoms with van der Waals surface area (Å²) in [6.07, 6.45) is 0. The lowest BCUT2D eigenvalue weighted by atomic mass is 9.83. The fourth-order valence-corrected chi connectivity index (χ4v) is 8.67. The van der Waals surface area contributed by atoms with Gasteiger partial charge in [0, 0.05) is 16.5 Å². The van der Waals surface area contributed by atoms with Crippen LogP contribution in [-0.4, -0.2) is 4.57 Å². The molecule has 1 nitrogen and oxygen atoms in total. The van der Waals surface area contributed by atoms with E-state index >= 15 is 0 Å². The van der Waals surface area contributed by atoms with Crippen molar-refractivity contribution in [3.8, 4) is 27.9 Å². The van der Waals surface area contributed by atoms with E-state index in [1.54, 1.807) is 0 Å². The van der Waals surface area contributed by atoms with Gasteiger partial charge in [-0.05, 0) is 106 Å². The zero-order chi connectivity index (χ0) is 32.1. The fourth-order valence-electron chi connectivity index (χ4n) is 8.67. The summed E-state index contributed by atoms with van der Waals surface area (Å²) >= 11 is 0. The van der Waals surface area contributed by atoms with Gasteiger partial charge >= 0.3 is 0 Å². The van der Waals surface area contributed by atoms with Crippen LogP contribution < -0.4 is 0 Å². The molecule has 0 atom stereocenters. The van der Waals surface area contributed by atoms with E-state index in [4.69, 9.17) is 0 Å². The van der Waals surface area contributed by atoms with Crippen LogP contribution in [-0.2, 0) is 0 Å². The number of aromatic nitrogens is 1. The van der Waals surface area contributed by atoms with E-state index < -0.39 is 0 Å². The molecule has 1 aromatic heterocycles. The molecule has 10 aromatic carbocycles. The summed E-state index contributed by atoms with van der Waals surface area (Å²) in [7, 11) is 0. The van der Waals surface area contributed by atoms with Crippen molar-refractivity contribution >= 4 is 75.7 Å². The molecule has 11 aromatic rings. The Hall–Kier alpha value is -6.44. The van der Waals surface area contributed by atoms with Gasteiger partial charge in [0.05, 0.1) is 11.0 Å². The van der Waals surface area contributed by atoms with Crippen LogP contribution in [0, 0.1) is 0 Å². The molecular formula is C48H29N. The lowest BCUT2D eigenvalue weighted by Crippen LogP contribution is -1.94. The number of nitrogens with zero attached hydrogens (tertiary/aromatic N) is 1. The monoisotopic (exact) mass is 619 g/mol. The zero-order valence-electron chi connectivity index (χ0n) is 26.7. The predicted molar refractivity (Wildman–Crippen MR) is 210 cm³/mol. The van der Waals surface area contributed by atoms with Crippen LogP contribution in [0.3, 0.4) is 0 Å². The zero-order valence-corrected chi connectivity index (χ0v) is 26.7. The van der Waals surface area contributed by atoms with E-state index in [2.05, 4.69) is 180 Å². The number of hydrogen-bond donors (Lipinski definition) is 0. The fraction of sp³-hybridized carbons (Fsp3) is 0. The Morgan fingerprint density at radius 1 is 0.306 bits per heavy atom. The van der Waals surface area contributed by atoms with E-state index in [9.17, 15) is 0 Å². The summed E-state index contributed by atoms with van der Waals surface area (Å²) in [5.41, 5.74) is 8.72. The second kappa shape index (κ2) is 10.0. The number of rotatable bonds is 3. The average molecular weight is 620 g/mol. The van der Waals surface area contributed by atoms with Crippen LogP contribution in [0.1, 0.15) is 0 Å². The molecule has 0 amide bonds. The van der Waals surface area contributed by atoms with Gasteiger partial charge in [-0.25, -0.2) is 0 Å². The molecule has 0 N–H and O–H groups in total. The van der Waals surface area contributed by atoms with Crippen LogP contribution in [0.2, 0.25) is 0 Å². The molecule has 0 aliphatic carbocycles. The van der Waals surface area contributed by atoms with Crippen molar-refractivity contribution in [2.24, 2.45) is 0 Å². The smallest absolute Gasteiger partial charge is 0.0541 e. The normalized spacial score (nSPS) is 12.1. The molecule has 11 rings (SSSR count). The standard InChI is InChI=1S/C48H29N/c1-2-13-34(14-3-1)49-43-20-9-8-15-35(43)42-29-33(25-28-44(42)49)46-36-16-4-6-18-38(36)48(39-19-7-5-17-37(39)46)41-27-24-32-22-21-30-11-10-12-31-23-26-40(41)47(32)45(30)31/h1-29H. The second-order valence-corrected chi connectivity index (χ2v) is 13.2. The van der Waals surface area contributed by atoms with Crippen molar-refractivity contribution in [1.82, 2.24) is 4.57 Å². The van der Waals surface area contributed by atoms with Crippen LogP contribution >= 0.6 is 0 Å². The van der Waals surface area contributed by atoms with Gasteiger partial charge in [0.15, 0.2) is 0 Å². The van der Waals surface area contributed by atoms with E-state index in [0.717, 1.165) is 0 Å². The van der Waals surface area contributed by atoms with Crippen LogP contribution in [0.25, 0.3) is 104 Å². The topological polar surface area (TPSA) is 4.93 Å². The van der Waals surface area contributed by atoms with E-state index in [-0.39, 0.29) is 0 Å². The Morgan fingerprint density at radius 2 is 0.857 bits per heavy atom. The quantitative estimate of drug-likeness (QED) is 0.137. The summed E-state index contributed by atoms with van der Waals surface area (Å²) in [5.74, 6) is 0. The van der Waals surface area contributed by atoms with Gasteiger partial charge in [0.25, 0.3) is 0 Å². The highest BCUT2D eigenvalue weighted by atomic mass is 15.0. The average Bonchev–Trinajstić information content (AvgIpc) is 3.50. The molecule has 0 spiro atoms. The van der Waals surface area contributed by atoms with Crippen molar-refractivity contribution in [1.29, 1.82) is 0 Å². The van der Waals surface area contributed by atoms with Crippen molar-refractivity contribution < 1.29 is 0 Å². The first kappa shape index (κ1) is 26.6. The SMILES string of the molecule is c1ccc(-n2c3ccccc3c3cc(-c4c5ccccc5c(-c5ccc6ccc7cccc8ccc5c6c78)c5ccccc45)ccc32)cc1. The van der Waals surface area contributed by atoms with E-state index in [0.29, 0.717) is 0 Å². The molecular weight excluding hydrogens is 591 g/mol. The highest BCUT2D eigenvalue weighted by Gasteiger charge is 2.21.